The molecule has 2 aliphatic rings. The summed E-state index contributed by atoms with van der Waals surface area (Å²) in [5.41, 5.74) is 11.4. The third-order valence-corrected chi connectivity index (χ3v) is 8.69. The van der Waals surface area contributed by atoms with Crippen LogP contribution in [0.2, 0.25) is 10.0 Å². The molecule has 0 N–H and O–H groups in total. The summed E-state index contributed by atoms with van der Waals surface area (Å²) in [5.74, 6) is 0.594. The summed E-state index contributed by atoms with van der Waals surface area (Å²) in [6, 6.07) is 17.9. The van der Waals surface area contributed by atoms with E-state index in [9.17, 15) is 0 Å². The Kier molecular flexibility index (Phi) is 5.03. The minimum Gasteiger partial charge on any atom is -0.200 e. The van der Waals surface area contributed by atoms with Gasteiger partial charge in [-0.05, 0) is 59.7 Å². The van der Waals surface area contributed by atoms with E-state index < -0.39 is 0 Å². The Morgan fingerprint density at radius 1 is 0.643 bits per heavy atom. The Bertz CT molecular complexity index is 1020. The zero-order chi connectivity index (χ0) is 19.4. The summed E-state index contributed by atoms with van der Waals surface area (Å²) in [7, 11) is 0. The second-order valence-corrected chi connectivity index (χ2v) is 10.2. The molecule has 0 unspecified atom stereocenters. The summed E-state index contributed by atoms with van der Waals surface area (Å²) in [4.78, 5) is 0. The predicted molar refractivity (Wildman–Crippen MR) is 132 cm³/mol. The Morgan fingerprint density at radius 3 is 1.43 bits per heavy atom. The topological polar surface area (TPSA) is 0 Å². The summed E-state index contributed by atoms with van der Waals surface area (Å²) >= 11 is 16.6. The molecule has 0 amide bonds. The van der Waals surface area contributed by atoms with Gasteiger partial charge in [0, 0.05) is 0 Å². The summed E-state index contributed by atoms with van der Waals surface area (Å²) < 4.78 is 0. The van der Waals surface area contributed by atoms with Crippen LogP contribution in [0.4, 0.5) is 0 Å². The van der Waals surface area contributed by atoms with Crippen molar-refractivity contribution in [2.45, 2.75) is 12.8 Å². The van der Waals surface area contributed by atoms with Crippen LogP contribution >= 0.6 is 46.4 Å². The van der Waals surface area contributed by atoms with Gasteiger partial charge in [0.25, 0.3) is 12.0 Å². The van der Waals surface area contributed by atoms with Gasteiger partial charge in [0.15, 0.2) is 0 Å². The van der Waals surface area contributed by atoms with Crippen molar-refractivity contribution in [1.29, 1.82) is 0 Å². The lowest BCUT2D eigenvalue weighted by Gasteiger charge is -2.32. The maximum atomic E-state index is 6.41. The number of fused-ring (bicyclic) bond motifs is 4. The van der Waals surface area contributed by atoms with Gasteiger partial charge in [0.05, 0.1) is 10.0 Å². The molecule has 0 saturated carbocycles. The van der Waals surface area contributed by atoms with Crippen molar-refractivity contribution in [3.05, 3.63) is 80.8 Å². The monoisotopic (exact) mass is 438 g/mol. The highest BCUT2D eigenvalue weighted by Gasteiger charge is 2.38. The molecular formula is C22H18B2Cl2S2. The van der Waals surface area contributed by atoms with Crippen molar-refractivity contribution in [2.75, 3.05) is 12.5 Å². The quantitative estimate of drug-likeness (QED) is 0.437. The fourth-order valence-corrected chi connectivity index (χ4v) is 6.87. The number of halogens is 2. The van der Waals surface area contributed by atoms with E-state index in [-0.39, 0.29) is 0 Å². The normalized spacial score (nSPS) is 14.3. The second-order valence-electron chi connectivity index (χ2n) is 7.50. The molecule has 1 aliphatic carbocycles. The van der Waals surface area contributed by atoms with Crippen LogP contribution in [0.25, 0.3) is 0 Å². The lowest BCUT2D eigenvalue weighted by Crippen LogP contribution is -2.67. The zero-order valence-electron chi connectivity index (χ0n) is 15.8. The molecule has 1 aliphatic heterocycles. The first-order valence-electron chi connectivity index (χ1n) is 9.37. The average molecular weight is 439 g/mol. The van der Waals surface area contributed by atoms with Gasteiger partial charge in [-0.1, -0.05) is 81.5 Å². The Balaban J connectivity index is 1.70. The molecule has 1 heterocycles. The number of hydrogen-bond acceptors (Lipinski definition) is 2. The van der Waals surface area contributed by atoms with Crippen molar-refractivity contribution in [3.8, 4) is 0 Å². The van der Waals surface area contributed by atoms with Crippen LogP contribution < -0.4 is 21.9 Å². The van der Waals surface area contributed by atoms with Crippen LogP contribution in [0.5, 0.6) is 0 Å². The van der Waals surface area contributed by atoms with Gasteiger partial charge < -0.3 is 0 Å². The van der Waals surface area contributed by atoms with Gasteiger partial charge >= 0.3 is 0 Å². The van der Waals surface area contributed by atoms with Crippen LogP contribution in [-0.2, 0) is 12.8 Å². The molecule has 0 radical (unpaired) electrons. The molecule has 3 aromatic rings. The van der Waals surface area contributed by atoms with Gasteiger partial charge in [-0.25, -0.2) is 23.2 Å². The molecule has 0 atom stereocenters. The maximum absolute atomic E-state index is 6.41. The molecule has 0 nitrogen and oxygen atoms in total. The summed E-state index contributed by atoms with van der Waals surface area (Å²) in [6.07, 6.45) is 6.43. The Morgan fingerprint density at radius 2 is 1.04 bits per heavy atom. The van der Waals surface area contributed by atoms with E-state index in [2.05, 4.69) is 61.0 Å². The van der Waals surface area contributed by atoms with E-state index in [1.54, 1.807) is 0 Å². The summed E-state index contributed by atoms with van der Waals surface area (Å²) in [6.45, 7) is 0. The Labute approximate surface area is 185 Å². The van der Waals surface area contributed by atoms with Gasteiger partial charge in [0.1, 0.15) is 0 Å². The third-order valence-electron chi connectivity index (χ3n) is 6.01. The first-order chi connectivity index (χ1) is 13.6. The van der Waals surface area contributed by atoms with Crippen molar-refractivity contribution in [3.63, 3.8) is 0 Å². The van der Waals surface area contributed by atoms with E-state index in [1.807, 2.05) is 23.2 Å². The maximum Gasteiger partial charge on any atom is 0.273 e. The lowest BCUT2D eigenvalue weighted by atomic mass is 9.41. The first kappa shape index (κ1) is 19.1. The molecule has 6 heteroatoms. The highest BCUT2D eigenvalue weighted by molar-refractivity contribution is 8.29. The predicted octanol–water partition coefficient (Wildman–Crippen LogP) is 3.74. The third kappa shape index (κ3) is 2.96. The fourth-order valence-electron chi connectivity index (χ4n) is 4.70. The van der Waals surface area contributed by atoms with Crippen LogP contribution in [0.15, 0.2) is 48.5 Å². The first-order valence-corrected chi connectivity index (χ1v) is 12.7. The van der Waals surface area contributed by atoms with Crippen molar-refractivity contribution < 1.29 is 0 Å². The number of benzene rings is 3. The average Bonchev–Trinajstić information content (AvgIpc) is 2.70. The van der Waals surface area contributed by atoms with Crippen LogP contribution in [0.1, 0.15) is 22.3 Å². The molecule has 0 saturated heterocycles. The molecule has 0 spiro atoms. The minimum atomic E-state index is 0.297. The van der Waals surface area contributed by atoms with E-state index in [4.69, 9.17) is 23.2 Å². The van der Waals surface area contributed by atoms with Gasteiger partial charge in [-0.15, -0.1) is 0 Å². The number of rotatable bonds is 2. The van der Waals surface area contributed by atoms with Crippen molar-refractivity contribution in [1.82, 2.24) is 0 Å². The molecule has 5 rings (SSSR count). The van der Waals surface area contributed by atoms with E-state index in [0.29, 0.717) is 22.0 Å². The molecule has 0 aromatic heterocycles. The van der Waals surface area contributed by atoms with Crippen LogP contribution in [-0.4, -0.2) is 24.5 Å². The standard InChI is InChI=1S/C22H18B2Cl2S2/c1-27-23-17-9-15-7-13-5-3-4-6-14(13)8-16(15)10-18(17)24(28-2)20-12-22(26)21(25)11-19(20)23/h3-6,9-12H,7-8H2,1-2H3. The molecule has 138 valence electrons. The highest BCUT2D eigenvalue weighted by Crippen LogP contribution is 2.28. The second kappa shape index (κ2) is 7.40. The molecule has 28 heavy (non-hydrogen) atoms. The van der Waals surface area contributed by atoms with E-state index in [0.717, 1.165) is 12.8 Å². The number of hydrogen-bond donors (Lipinski definition) is 0. The van der Waals surface area contributed by atoms with Crippen molar-refractivity contribution in [2.24, 2.45) is 0 Å². The van der Waals surface area contributed by atoms with E-state index >= 15 is 0 Å². The molecule has 0 fully saturated rings. The van der Waals surface area contributed by atoms with Crippen LogP contribution in [0.3, 0.4) is 0 Å². The highest BCUT2D eigenvalue weighted by atomic mass is 35.5. The minimum absolute atomic E-state index is 0.297. The van der Waals surface area contributed by atoms with Crippen LogP contribution in [0, 0.1) is 0 Å². The summed E-state index contributed by atoms with van der Waals surface area (Å²) in [5, 5.41) is 1.30. The van der Waals surface area contributed by atoms with E-state index in [1.165, 1.54) is 44.1 Å². The SMILES string of the molecule is CSB1c2cc(Cl)c(Cl)cc2B(SC)c2cc3c(cc21)Cc1ccccc1C3. The molecule has 0 bridgehead atoms. The smallest absolute Gasteiger partial charge is 0.200 e. The fraction of sp³-hybridized carbons (Fsp3) is 0.182. The van der Waals surface area contributed by atoms with Gasteiger partial charge in [-0.3, -0.25) is 0 Å². The molecular weight excluding hydrogens is 421 g/mol. The molecule has 3 aromatic carbocycles. The lowest BCUT2D eigenvalue weighted by molar-refractivity contribution is 1.01. The zero-order valence-corrected chi connectivity index (χ0v) is 18.9. The largest absolute Gasteiger partial charge is 0.273 e. The van der Waals surface area contributed by atoms with Crippen molar-refractivity contribution >= 4 is 80.3 Å². The van der Waals surface area contributed by atoms with Gasteiger partial charge in [0.2, 0.25) is 0 Å². The van der Waals surface area contributed by atoms with Gasteiger partial charge in [-0.2, -0.15) is 0 Å². The Hall–Kier alpha value is -0.930.